The molecule has 0 radical (unpaired) electrons. The highest BCUT2D eigenvalue weighted by molar-refractivity contribution is 6.33. The number of pyridine rings is 1. The molecule has 0 aliphatic rings. The van der Waals surface area contributed by atoms with Gasteiger partial charge in [-0.15, -0.1) is 0 Å². The third kappa shape index (κ3) is 2.60. The van der Waals surface area contributed by atoms with E-state index in [4.69, 9.17) is 17.3 Å². The fourth-order valence-electron chi connectivity index (χ4n) is 1.60. The van der Waals surface area contributed by atoms with Crippen molar-refractivity contribution < 1.29 is 4.79 Å². The Labute approximate surface area is 110 Å². The number of aryl methyl sites for hydroxylation is 1. The first-order chi connectivity index (χ1) is 8.58. The highest BCUT2D eigenvalue weighted by Crippen LogP contribution is 2.21. The van der Waals surface area contributed by atoms with Crippen molar-refractivity contribution in [3.05, 3.63) is 52.8 Å². The van der Waals surface area contributed by atoms with Gasteiger partial charge in [0, 0.05) is 17.4 Å². The maximum Gasteiger partial charge on any atom is 0.256 e. The maximum absolute atomic E-state index is 12.1. The number of aromatic nitrogens is 1. The van der Waals surface area contributed by atoms with Gasteiger partial charge in [0.1, 0.15) is 0 Å². The molecule has 1 heterocycles. The van der Waals surface area contributed by atoms with E-state index in [-0.39, 0.29) is 5.91 Å². The van der Waals surface area contributed by atoms with Crippen LogP contribution in [0, 0.1) is 6.92 Å². The summed E-state index contributed by atoms with van der Waals surface area (Å²) in [6.07, 6.45) is 3.07. The Bertz CT molecular complexity index is 599. The fourth-order valence-corrected chi connectivity index (χ4v) is 1.75. The lowest BCUT2D eigenvalue weighted by Gasteiger charge is -2.09. The van der Waals surface area contributed by atoms with E-state index in [1.807, 2.05) is 6.92 Å². The second-order valence-electron chi connectivity index (χ2n) is 3.88. The summed E-state index contributed by atoms with van der Waals surface area (Å²) in [5.74, 6) is -0.234. The van der Waals surface area contributed by atoms with E-state index in [1.54, 1.807) is 30.5 Å². The standard InChI is InChI=1S/C13H12ClN3O/c1-8-6-9(15)2-3-10(8)13(18)17-12-7-16-5-4-11(12)14/h2-7H,15H2,1H3,(H,17,18). The zero-order valence-corrected chi connectivity index (χ0v) is 10.5. The second-order valence-corrected chi connectivity index (χ2v) is 4.29. The summed E-state index contributed by atoms with van der Waals surface area (Å²) >= 11 is 5.95. The predicted molar refractivity (Wildman–Crippen MR) is 72.8 cm³/mol. The summed E-state index contributed by atoms with van der Waals surface area (Å²) in [5.41, 5.74) is 8.13. The number of carbonyl (C=O) groups excluding carboxylic acids is 1. The highest BCUT2D eigenvalue weighted by atomic mass is 35.5. The van der Waals surface area contributed by atoms with E-state index in [2.05, 4.69) is 10.3 Å². The van der Waals surface area contributed by atoms with Crippen LogP contribution in [0.2, 0.25) is 5.02 Å². The number of halogens is 1. The van der Waals surface area contributed by atoms with Gasteiger partial charge in [0.15, 0.2) is 0 Å². The zero-order chi connectivity index (χ0) is 13.1. The summed E-state index contributed by atoms with van der Waals surface area (Å²) in [4.78, 5) is 16.0. The van der Waals surface area contributed by atoms with Crippen molar-refractivity contribution >= 4 is 28.9 Å². The molecule has 5 heteroatoms. The van der Waals surface area contributed by atoms with E-state index in [0.717, 1.165) is 5.56 Å². The highest BCUT2D eigenvalue weighted by Gasteiger charge is 2.10. The molecule has 92 valence electrons. The molecule has 2 aromatic rings. The van der Waals surface area contributed by atoms with Gasteiger partial charge in [-0.2, -0.15) is 0 Å². The van der Waals surface area contributed by atoms with Crippen LogP contribution in [-0.2, 0) is 0 Å². The Morgan fingerprint density at radius 3 is 2.83 bits per heavy atom. The molecule has 0 aliphatic heterocycles. The Morgan fingerprint density at radius 2 is 2.17 bits per heavy atom. The third-order valence-corrected chi connectivity index (χ3v) is 2.84. The second kappa shape index (κ2) is 5.06. The number of hydrogen-bond donors (Lipinski definition) is 2. The number of anilines is 2. The maximum atomic E-state index is 12.1. The van der Waals surface area contributed by atoms with Crippen molar-refractivity contribution in [3.8, 4) is 0 Å². The number of rotatable bonds is 2. The number of amides is 1. The van der Waals surface area contributed by atoms with Crippen LogP contribution in [0.4, 0.5) is 11.4 Å². The number of benzene rings is 1. The first-order valence-corrected chi connectivity index (χ1v) is 5.72. The fraction of sp³-hybridized carbons (Fsp3) is 0.0769. The Morgan fingerprint density at radius 1 is 1.39 bits per heavy atom. The Kier molecular flexibility index (Phi) is 3.48. The van der Waals surface area contributed by atoms with Crippen LogP contribution < -0.4 is 11.1 Å². The summed E-state index contributed by atoms with van der Waals surface area (Å²) in [6.45, 7) is 1.83. The number of nitrogens with one attached hydrogen (secondary N) is 1. The first-order valence-electron chi connectivity index (χ1n) is 5.35. The molecule has 1 amide bonds. The van der Waals surface area contributed by atoms with Gasteiger partial charge in [-0.3, -0.25) is 9.78 Å². The van der Waals surface area contributed by atoms with Crippen molar-refractivity contribution in [2.45, 2.75) is 6.92 Å². The van der Waals surface area contributed by atoms with Crippen molar-refractivity contribution in [1.82, 2.24) is 4.98 Å². The molecule has 0 atom stereocenters. The Hall–Kier alpha value is -2.07. The lowest BCUT2D eigenvalue weighted by molar-refractivity contribution is 0.102. The van der Waals surface area contributed by atoms with Gasteiger partial charge in [0.05, 0.1) is 16.9 Å². The van der Waals surface area contributed by atoms with E-state index >= 15 is 0 Å². The number of nitrogens with zero attached hydrogens (tertiary/aromatic N) is 1. The molecular weight excluding hydrogens is 250 g/mol. The van der Waals surface area contributed by atoms with Crippen LogP contribution in [-0.4, -0.2) is 10.9 Å². The van der Waals surface area contributed by atoms with E-state index in [1.165, 1.54) is 6.20 Å². The Balaban J connectivity index is 2.25. The van der Waals surface area contributed by atoms with Crippen LogP contribution in [0.3, 0.4) is 0 Å². The van der Waals surface area contributed by atoms with Crippen molar-refractivity contribution in [1.29, 1.82) is 0 Å². The SMILES string of the molecule is Cc1cc(N)ccc1C(=O)Nc1cnccc1Cl. The normalized spacial score (nSPS) is 10.1. The smallest absolute Gasteiger partial charge is 0.256 e. The minimum absolute atomic E-state index is 0.234. The van der Waals surface area contributed by atoms with Gasteiger partial charge in [-0.05, 0) is 36.8 Å². The quantitative estimate of drug-likeness (QED) is 0.817. The van der Waals surface area contributed by atoms with Gasteiger partial charge >= 0.3 is 0 Å². The average molecular weight is 262 g/mol. The molecule has 1 aromatic heterocycles. The molecule has 0 spiro atoms. The van der Waals surface area contributed by atoms with E-state index < -0.39 is 0 Å². The molecule has 0 saturated heterocycles. The molecule has 0 fully saturated rings. The summed E-state index contributed by atoms with van der Waals surface area (Å²) in [7, 11) is 0. The molecule has 0 bridgehead atoms. The van der Waals surface area contributed by atoms with E-state index in [9.17, 15) is 4.79 Å². The van der Waals surface area contributed by atoms with Gasteiger partial charge in [0.25, 0.3) is 5.91 Å². The molecule has 2 rings (SSSR count). The summed E-state index contributed by atoms with van der Waals surface area (Å²) in [5, 5.41) is 3.16. The van der Waals surface area contributed by atoms with Gasteiger partial charge in [-0.25, -0.2) is 0 Å². The van der Waals surface area contributed by atoms with Crippen LogP contribution in [0.15, 0.2) is 36.7 Å². The van der Waals surface area contributed by atoms with Crippen LogP contribution in [0.1, 0.15) is 15.9 Å². The minimum Gasteiger partial charge on any atom is -0.399 e. The molecule has 3 N–H and O–H groups in total. The topological polar surface area (TPSA) is 68.0 Å². The van der Waals surface area contributed by atoms with Gasteiger partial charge < -0.3 is 11.1 Å². The monoisotopic (exact) mass is 261 g/mol. The van der Waals surface area contributed by atoms with Crippen molar-refractivity contribution in [3.63, 3.8) is 0 Å². The lowest BCUT2D eigenvalue weighted by atomic mass is 10.1. The zero-order valence-electron chi connectivity index (χ0n) is 9.77. The first kappa shape index (κ1) is 12.4. The molecule has 4 nitrogen and oxygen atoms in total. The number of nitrogen functional groups attached to an aromatic ring is 1. The van der Waals surface area contributed by atoms with E-state index in [0.29, 0.717) is 22.0 Å². The molecule has 18 heavy (non-hydrogen) atoms. The summed E-state index contributed by atoms with van der Waals surface area (Å²) in [6, 6.07) is 6.74. The summed E-state index contributed by atoms with van der Waals surface area (Å²) < 4.78 is 0. The minimum atomic E-state index is -0.234. The molecule has 0 unspecified atom stereocenters. The molecular formula is C13H12ClN3O. The predicted octanol–water partition coefficient (Wildman–Crippen LogP) is 2.88. The number of nitrogens with two attached hydrogens (primary N) is 1. The molecule has 1 aromatic carbocycles. The van der Waals surface area contributed by atoms with Crippen molar-refractivity contribution in [2.24, 2.45) is 0 Å². The lowest BCUT2D eigenvalue weighted by Crippen LogP contribution is -2.14. The largest absolute Gasteiger partial charge is 0.399 e. The molecule has 0 saturated carbocycles. The van der Waals surface area contributed by atoms with Crippen LogP contribution >= 0.6 is 11.6 Å². The average Bonchev–Trinajstić information content (AvgIpc) is 2.32. The third-order valence-electron chi connectivity index (χ3n) is 2.51. The number of hydrogen-bond acceptors (Lipinski definition) is 3. The van der Waals surface area contributed by atoms with Crippen molar-refractivity contribution in [2.75, 3.05) is 11.1 Å². The van der Waals surface area contributed by atoms with Gasteiger partial charge in [-0.1, -0.05) is 11.6 Å². The number of carbonyl (C=O) groups is 1. The van der Waals surface area contributed by atoms with Crippen LogP contribution in [0.25, 0.3) is 0 Å². The van der Waals surface area contributed by atoms with Gasteiger partial charge in [0.2, 0.25) is 0 Å². The molecule has 0 aliphatic carbocycles. The van der Waals surface area contributed by atoms with Crippen LogP contribution in [0.5, 0.6) is 0 Å².